The number of anilines is 1. The maximum absolute atomic E-state index is 6.15. The van der Waals surface area contributed by atoms with Gasteiger partial charge in [-0.25, -0.2) is 9.97 Å². The molecule has 0 amide bonds. The minimum Gasteiger partial charge on any atom is -0.383 e. The van der Waals surface area contributed by atoms with Crippen molar-refractivity contribution in [2.24, 2.45) is 0 Å². The summed E-state index contributed by atoms with van der Waals surface area (Å²) in [4.78, 5) is 8.79. The molecule has 0 aliphatic heterocycles. The topological polar surface area (TPSA) is 51.8 Å². The molecular weight excluding hydrogens is 246 g/mol. The van der Waals surface area contributed by atoms with Crippen molar-refractivity contribution in [1.29, 1.82) is 0 Å². The first-order valence-corrected chi connectivity index (χ1v) is 6.30. The van der Waals surface area contributed by atoms with Gasteiger partial charge in [-0.3, -0.25) is 0 Å². The predicted molar refractivity (Wildman–Crippen MR) is 75.7 cm³/mol. The van der Waals surface area contributed by atoms with Crippen molar-refractivity contribution in [3.05, 3.63) is 40.2 Å². The summed E-state index contributed by atoms with van der Waals surface area (Å²) in [6.07, 6.45) is 0.761. The van der Waals surface area contributed by atoms with Crippen molar-refractivity contribution in [2.45, 2.75) is 27.2 Å². The van der Waals surface area contributed by atoms with E-state index in [0.29, 0.717) is 5.82 Å². The fourth-order valence-corrected chi connectivity index (χ4v) is 1.94. The average Bonchev–Trinajstić information content (AvgIpc) is 2.36. The molecule has 0 aliphatic carbocycles. The molecule has 3 nitrogen and oxygen atoms in total. The van der Waals surface area contributed by atoms with Gasteiger partial charge in [-0.2, -0.15) is 0 Å². The molecule has 0 spiro atoms. The van der Waals surface area contributed by atoms with E-state index in [0.717, 1.165) is 39.7 Å². The minimum absolute atomic E-state index is 0.536. The van der Waals surface area contributed by atoms with Crippen LogP contribution in [0.5, 0.6) is 0 Å². The van der Waals surface area contributed by atoms with Crippen LogP contribution in [0.1, 0.15) is 23.9 Å². The summed E-state index contributed by atoms with van der Waals surface area (Å²) in [6.45, 7) is 5.92. The van der Waals surface area contributed by atoms with Crippen molar-refractivity contribution >= 4 is 17.4 Å². The van der Waals surface area contributed by atoms with Crippen LogP contribution < -0.4 is 5.73 Å². The molecule has 1 heterocycles. The zero-order valence-electron chi connectivity index (χ0n) is 10.8. The standard InChI is InChI=1S/C14H16ClN3/c1-4-12-17-13(9(3)14(16)18-12)10-6-5-8(2)11(15)7-10/h5-7H,4H2,1-3H3,(H2,16,17,18). The monoisotopic (exact) mass is 261 g/mol. The van der Waals surface area contributed by atoms with Crippen LogP contribution in [0.4, 0.5) is 5.82 Å². The summed E-state index contributed by atoms with van der Waals surface area (Å²) in [5.41, 5.74) is 9.71. The van der Waals surface area contributed by atoms with E-state index in [2.05, 4.69) is 9.97 Å². The number of nitrogen functional groups attached to an aromatic ring is 1. The zero-order valence-corrected chi connectivity index (χ0v) is 11.5. The highest BCUT2D eigenvalue weighted by Crippen LogP contribution is 2.28. The Morgan fingerprint density at radius 3 is 2.56 bits per heavy atom. The number of nitrogens with two attached hydrogens (primary N) is 1. The highest BCUT2D eigenvalue weighted by Gasteiger charge is 2.10. The third-order valence-corrected chi connectivity index (χ3v) is 3.40. The lowest BCUT2D eigenvalue weighted by molar-refractivity contribution is 0.940. The Kier molecular flexibility index (Phi) is 3.53. The first kappa shape index (κ1) is 12.8. The Morgan fingerprint density at radius 2 is 1.94 bits per heavy atom. The third kappa shape index (κ3) is 2.31. The molecule has 0 saturated heterocycles. The molecule has 2 rings (SSSR count). The second-order valence-corrected chi connectivity index (χ2v) is 4.72. The maximum Gasteiger partial charge on any atom is 0.131 e. The quantitative estimate of drug-likeness (QED) is 0.899. The Balaban J connectivity index is 2.62. The molecule has 0 aliphatic rings. The van der Waals surface area contributed by atoms with Gasteiger partial charge in [-0.15, -0.1) is 0 Å². The van der Waals surface area contributed by atoms with Crippen LogP contribution in [0, 0.1) is 13.8 Å². The number of aromatic nitrogens is 2. The maximum atomic E-state index is 6.15. The number of rotatable bonds is 2. The number of benzene rings is 1. The van der Waals surface area contributed by atoms with E-state index in [1.54, 1.807) is 0 Å². The smallest absolute Gasteiger partial charge is 0.131 e. The van der Waals surface area contributed by atoms with Crippen molar-refractivity contribution in [1.82, 2.24) is 9.97 Å². The lowest BCUT2D eigenvalue weighted by Crippen LogP contribution is -2.04. The second kappa shape index (κ2) is 4.94. The van der Waals surface area contributed by atoms with Crippen molar-refractivity contribution in [3.63, 3.8) is 0 Å². The lowest BCUT2D eigenvalue weighted by atomic mass is 10.1. The summed E-state index contributed by atoms with van der Waals surface area (Å²) in [5.74, 6) is 1.29. The Bertz CT molecular complexity index is 594. The molecule has 0 atom stereocenters. The third-order valence-electron chi connectivity index (χ3n) is 2.99. The molecule has 1 aromatic carbocycles. The number of hydrogen-bond donors (Lipinski definition) is 1. The number of halogens is 1. The van der Waals surface area contributed by atoms with Gasteiger partial charge in [0.05, 0.1) is 5.69 Å². The van der Waals surface area contributed by atoms with Crippen molar-refractivity contribution in [3.8, 4) is 11.3 Å². The summed E-state index contributed by atoms with van der Waals surface area (Å²) in [7, 11) is 0. The molecule has 2 aromatic rings. The second-order valence-electron chi connectivity index (χ2n) is 4.32. The summed E-state index contributed by atoms with van der Waals surface area (Å²) in [5, 5.41) is 0.738. The molecule has 0 radical (unpaired) electrons. The van der Waals surface area contributed by atoms with Gasteiger partial charge in [0, 0.05) is 22.6 Å². The van der Waals surface area contributed by atoms with Gasteiger partial charge in [-0.05, 0) is 25.5 Å². The van der Waals surface area contributed by atoms with Crippen LogP contribution in [-0.2, 0) is 6.42 Å². The van der Waals surface area contributed by atoms with Gasteiger partial charge in [0.2, 0.25) is 0 Å². The van der Waals surface area contributed by atoms with Gasteiger partial charge < -0.3 is 5.73 Å². The number of hydrogen-bond acceptors (Lipinski definition) is 3. The van der Waals surface area contributed by atoms with Crippen LogP contribution in [-0.4, -0.2) is 9.97 Å². The van der Waals surface area contributed by atoms with Crippen LogP contribution in [0.15, 0.2) is 18.2 Å². The molecule has 0 unspecified atom stereocenters. The normalized spacial score (nSPS) is 10.7. The summed E-state index contributed by atoms with van der Waals surface area (Å²) >= 11 is 6.15. The van der Waals surface area contributed by atoms with E-state index in [-0.39, 0.29) is 0 Å². The highest BCUT2D eigenvalue weighted by atomic mass is 35.5. The fourth-order valence-electron chi connectivity index (χ4n) is 1.76. The number of aryl methyl sites for hydroxylation is 2. The Labute approximate surface area is 112 Å². The summed E-state index contributed by atoms with van der Waals surface area (Å²) < 4.78 is 0. The van der Waals surface area contributed by atoms with E-state index in [1.807, 2.05) is 39.0 Å². The zero-order chi connectivity index (χ0) is 13.3. The largest absolute Gasteiger partial charge is 0.383 e. The first-order chi connectivity index (χ1) is 8.52. The first-order valence-electron chi connectivity index (χ1n) is 5.92. The van der Waals surface area contributed by atoms with E-state index in [9.17, 15) is 0 Å². The molecule has 0 fully saturated rings. The summed E-state index contributed by atoms with van der Waals surface area (Å²) in [6, 6.07) is 5.92. The SMILES string of the molecule is CCc1nc(N)c(C)c(-c2ccc(C)c(Cl)c2)n1. The van der Waals surface area contributed by atoms with Crippen LogP contribution >= 0.6 is 11.6 Å². The van der Waals surface area contributed by atoms with E-state index < -0.39 is 0 Å². The highest BCUT2D eigenvalue weighted by molar-refractivity contribution is 6.31. The molecular formula is C14H16ClN3. The van der Waals surface area contributed by atoms with Gasteiger partial charge in [0.15, 0.2) is 0 Å². The van der Waals surface area contributed by atoms with Gasteiger partial charge >= 0.3 is 0 Å². The van der Waals surface area contributed by atoms with Gasteiger partial charge in [0.25, 0.3) is 0 Å². The van der Waals surface area contributed by atoms with Crippen LogP contribution in [0.25, 0.3) is 11.3 Å². The van der Waals surface area contributed by atoms with Gasteiger partial charge in [0.1, 0.15) is 11.6 Å². The number of nitrogens with zero attached hydrogens (tertiary/aromatic N) is 2. The lowest BCUT2D eigenvalue weighted by Gasteiger charge is -2.10. The average molecular weight is 262 g/mol. The van der Waals surface area contributed by atoms with Crippen LogP contribution in [0.3, 0.4) is 0 Å². The van der Waals surface area contributed by atoms with Gasteiger partial charge in [-0.1, -0.05) is 30.7 Å². The molecule has 0 bridgehead atoms. The molecule has 94 valence electrons. The minimum atomic E-state index is 0.536. The fraction of sp³-hybridized carbons (Fsp3) is 0.286. The van der Waals surface area contributed by atoms with Crippen molar-refractivity contribution < 1.29 is 0 Å². The van der Waals surface area contributed by atoms with E-state index in [4.69, 9.17) is 17.3 Å². The Hall–Kier alpha value is -1.61. The molecule has 2 N–H and O–H groups in total. The predicted octanol–water partition coefficient (Wildman–Crippen LogP) is 3.56. The van der Waals surface area contributed by atoms with Crippen molar-refractivity contribution in [2.75, 3.05) is 5.73 Å². The molecule has 0 saturated carbocycles. The van der Waals surface area contributed by atoms with E-state index >= 15 is 0 Å². The molecule has 1 aromatic heterocycles. The Morgan fingerprint density at radius 1 is 1.22 bits per heavy atom. The van der Waals surface area contributed by atoms with Crippen LogP contribution in [0.2, 0.25) is 5.02 Å². The molecule has 4 heteroatoms. The van der Waals surface area contributed by atoms with E-state index in [1.165, 1.54) is 0 Å². The molecule has 18 heavy (non-hydrogen) atoms.